The average molecular weight is 245 g/mol. The van der Waals surface area contributed by atoms with Gasteiger partial charge in [0, 0.05) is 23.6 Å². The quantitative estimate of drug-likeness (QED) is 0.638. The number of aliphatic carboxylic acids is 1. The van der Waals surface area contributed by atoms with E-state index >= 15 is 0 Å². The van der Waals surface area contributed by atoms with Crippen molar-refractivity contribution in [3.8, 4) is 0 Å². The highest BCUT2D eigenvalue weighted by molar-refractivity contribution is 5.67. The molecule has 92 valence electrons. The van der Waals surface area contributed by atoms with Crippen molar-refractivity contribution >= 4 is 11.7 Å². The summed E-state index contributed by atoms with van der Waals surface area (Å²) in [5.74, 6) is -1.19. The molecule has 0 unspecified atom stereocenters. The largest absolute Gasteiger partial charge is 0.481 e. The summed E-state index contributed by atoms with van der Waals surface area (Å²) >= 11 is 0. The Hall–Kier alpha value is -2.05. The summed E-state index contributed by atoms with van der Waals surface area (Å²) in [6, 6.07) is 3.31. The van der Waals surface area contributed by atoms with Gasteiger partial charge in [-0.05, 0) is 6.42 Å². The topological polar surface area (TPSA) is 80.4 Å². The molecule has 17 heavy (non-hydrogen) atoms. The Morgan fingerprint density at radius 2 is 2.12 bits per heavy atom. The zero-order chi connectivity index (χ0) is 13.0. The summed E-state index contributed by atoms with van der Waals surface area (Å²) in [5, 5.41) is 19.1. The second-order valence-corrected chi connectivity index (χ2v) is 3.30. The number of nitrogens with zero attached hydrogens (tertiary/aromatic N) is 1. The van der Waals surface area contributed by atoms with Crippen molar-refractivity contribution in [2.75, 3.05) is 0 Å². The fraction of sp³-hybridized carbons (Fsp3) is 0.300. The molecule has 1 rings (SSSR count). The molecule has 0 aliphatic carbocycles. The molecule has 1 aromatic rings. The molecule has 0 aliphatic rings. The lowest BCUT2D eigenvalue weighted by atomic mass is 10.0. The number of hydrogen-bond donors (Lipinski definition) is 1. The number of carboxylic acids is 1. The smallest absolute Gasteiger partial charge is 0.303 e. The Labute approximate surface area is 94.8 Å². The van der Waals surface area contributed by atoms with Gasteiger partial charge in [0.1, 0.15) is 0 Å². The van der Waals surface area contributed by atoms with Gasteiger partial charge in [0.2, 0.25) is 0 Å². The van der Waals surface area contributed by atoms with Crippen LogP contribution in [0.15, 0.2) is 18.2 Å². The number of carbonyl (C=O) groups is 1. The van der Waals surface area contributed by atoms with Crippen molar-refractivity contribution in [1.82, 2.24) is 0 Å². The zero-order valence-electron chi connectivity index (χ0n) is 8.60. The molecule has 0 saturated heterocycles. The molecule has 7 heteroatoms. The average Bonchev–Trinajstić information content (AvgIpc) is 2.25. The van der Waals surface area contributed by atoms with Crippen LogP contribution in [0.4, 0.5) is 14.5 Å². The Balaban J connectivity index is 3.18. The van der Waals surface area contributed by atoms with Crippen LogP contribution >= 0.6 is 0 Å². The summed E-state index contributed by atoms with van der Waals surface area (Å²) in [6.45, 7) is 0. The highest BCUT2D eigenvalue weighted by Gasteiger charge is 2.22. The van der Waals surface area contributed by atoms with Gasteiger partial charge in [-0.1, -0.05) is 12.1 Å². The summed E-state index contributed by atoms with van der Waals surface area (Å²) < 4.78 is 25.3. The van der Waals surface area contributed by atoms with Gasteiger partial charge >= 0.3 is 5.97 Å². The summed E-state index contributed by atoms with van der Waals surface area (Å²) in [4.78, 5) is 20.2. The van der Waals surface area contributed by atoms with E-state index in [-0.39, 0.29) is 12.0 Å². The van der Waals surface area contributed by atoms with Crippen LogP contribution in [-0.2, 0) is 11.2 Å². The molecule has 0 atom stereocenters. The molecule has 0 heterocycles. The molecule has 1 N–H and O–H groups in total. The number of nitro groups is 1. The Morgan fingerprint density at radius 1 is 1.47 bits per heavy atom. The Kier molecular flexibility index (Phi) is 4.08. The van der Waals surface area contributed by atoms with Gasteiger partial charge in [-0.3, -0.25) is 14.9 Å². The van der Waals surface area contributed by atoms with Crippen LogP contribution < -0.4 is 0 Å². The fourth-order valence-corrected chi connectivity index (χ4v) is 1.47. The third-order valence-electron chi connectivity index (χ3n) is 2.21. The highest BCUT2D eigenvalue weighted by Crippen LogP contribution is 2.30. The van der Waals surface area contributed by atoms with Gasteiger partial charge in [0.25, 0.3) is 12.1 Å². The van der Waals surface area contributed by atoms with E-state index in [1.807, 2.05) is 0 Å². The number of halogens is 2. The van der Waals surface area contributed by atoms with E-state index in [0.717, 1.165) is 18.2 Å². The molecule has 0 aromatic heterocycles. The normalized spacial score (nSPS) is 10.5. The SMILES string of the molecule is O=C(O)CCc1c(C(F)F)cccc1[N+](=O)[O-]. The zero-order valence-corrected chi connectivity index (χ0v) is 8.60. The van der Waals surface area contributed by atoms with Crippen LogP contribution in [0.5, 0.6) is 0 Å². The van der Waals surface area contributed by atoms with Crippen molar-refractivity contribution in [2.45, 2.75) is 19.3 Å². The van der Waals surface area contributed by atoms with E-state index in [9.17, 15) is 23.7 Å². The van der Waals surface area contributed by atoms with Crippen LogP contribution in [0.2, 0.25) is 0 Å². The van der Waals surface area contributed by atoms with E-state index in [1.165, 1.54) is 0 Å². The van der Waals surface area contributed by atoms with Crippen molar-refractivity contribution < 1.29 is 23.6 Å². The first-order chi connectivity index (χ1) is 7.93. The predicted octanol–water partition coefficient (Wildman–Crippen LogP) is 2.55. The lowest BCUT2D eigenvalue weighted by Gasteiger charge is -2.08. The lowest BCUT2D eigenvalue weighted by molar-refractivity contribution is -0.385. The van der Waals surface area contributed by atoms with E-state index < -0.39 is 35.0 Å². The number of rotatable bonds is 5. The fourth-order valence-electron chi connectivity index (χ4n) is 1.47. The molecule has 1 aromatic carbocycles. The third-order valence-corrected chi connectivity index (χ3v) is 2.21. The van der Waals surface area contributed by atoms with Gasteiger partial charge in [-0.15, -0.1) is 0 Å². The molecule has 0 amide bonds. The highest BCUT2D eigenvalue weighted by atomic mass is 19.3. The van der Waals surface area contributed by atoms with Crippen LogP contribution in [-0.4, -0.2) is 16.0 Å². The maximum atomic E-state index is 12.6. The Bertz CT molecular complexity index is 448. The summed E-state index contributed by atoms with van der Waals surface area (Å²) in [6.07, 6.45) is -3.57. The number of benzene rings is 1. The molecular formula is C10H9F2NO4. The predicted molar refractivity (Wildman–Crippen MR) is 54.0 cm³/mol. The first kappa shape index (κ1) is 13.0. The lowest BCUT2D eigenvalue weighted by Crippen LogP contribution is -2.04. The molecule has 0 saturated carbocycles. The second kappa shape index (κ2) is 5.33. The van der Waals surface area contributed by atoms with Crippen molar-refractivity contribution in [3.63, 3.8) is 0 Å². The summed E-state index contributed by atoms with van der Waals surface area (Å²) in [5.41, 5.74) is -1.17. The van der Waals surface area contributed by atoms with Gasteiger partial charge in [0.15, 0.2) is 0 Å². The van der Waals surface area contributed by atoms with Gasteiger partial charge in [-0.2, -0.15) is 0 Å². The van der Waals surface area contributed by atoms with Crippen molar-refractivity contribution in [2.24, 2.45) is 0 Å². The van der Waals surface area contributed by atoms with Crippen LogP contribution in [0, 0.1) is 10.1 Å². The monoisotopic (exact) mass is 245 g/mol. The minimum Gasteiger partial charge on any atom is -0.481 e. The first-order valence-corrected chi connectivity index (χ1v) is 4.69. The molecule has 0 radical (unpaired) electrons. The number of nitro benzene ring substituents is 1. The number of alkyl halides is 2. The molecule has 5 nitrogen and oxygen atoms in total. The standard InChI is InChI=1S/C10H9F2NO4/c11-10(12)7-2-1-3-8(13(16)17)6(7)4-5-9(14)15/h1-3,10H,4-5H2,(H,14,15). The van der Waals surface area contributed by atoms with Crippen LogP contribution in [0.1, 0.15) is 24.0 Å². The van der Waals surface area contributed by atoms with Crippen LogP contribution in [0.25, 0.3) is 0 Å². The van der Waals surface area contributed by atoms with E-state index in [4.69, 9.17) is 5.11 Å². The molecule has 0 aliphatic heterocycles. The van der Waals surface area contributed by atoms with Gasteiger partial charge < -0.3 is 5.11 Å². The maximum absolute atomic E-state index is 12.6. The molecular weight excluding hydrogens is 236 g/mol. The molecule has 0 spiro atoms. The van der Waals surface area contributed by atoms with Crippen molar-refractivity contribution in [3.05, 3.63) is 39.4 Å². The minimum absolute atomic E-state index is 0.213. The minimum atomic E-state index is -2.86. The van der Waals surface area contributed by atoms with Crippen LogP contribution in [0.3, 0.4) is 0 Å². The van der Waals surface area contributed by atoms with E-state index in [2.05, 4.69) is 0 Å². The summed E-state index contributed by atoms with van der Waals surface area (Å²) in [7, 11) is 0. The molecule has 0 bridgehead atoms. The second-order valence-electron chi connectivity index (χ2n) is 3.30. The van der Waals surface area contributed by atoms with E-state index in [1.54, 1.807) is 0 Å². The number of hydrogen-bond acceptors (Lipinski definition) is 3. The van der Waals surface area contributed by atoms with Gasteiger partial charge in [-0.25, -0.2) is 8.78 Å². The Morgan fingerprint density at radius 3 is 2.59 bits per heavy atom. The number of carboxylic acid groups (broad SMARTS) is 1. The molecule has 0 fully saturated rings. The third kappa shape index (κ3) is 3.20. The van der Waals surface area contributed by atoms with Crippen molar-refractivity contribution in [1.29, 1.82) is 0 Å². The first-order valence-electron chi connectivity index (χ1n) is 4.69. The maximum Gasteiger partial charge on any atom is 0.303 e. The van der Waals surface area contributed by atoms with E-state index in [0.29, 0.717) is 0 Å². The van der Waals surface area contributed by atoms with Gasteiger partial charge in [0.05, 0.1) is 4.92 Å².